The van der Waals surface area contributed by atoms with Gasteiger partial charge in [0.1, 0.15) is 18.3 Å². The lowest BCUT2D eigenvalue weighted by Gasteiger charge is -2.48. The van der Waals surface area contributed by atoms with Crippen molar-refractivity contribution in [1.82, 2.24) is 0 Å². The molecule has 0 aliphatic carbocycles. The van der Waals surface area contributed by atoms with Gasteiger partial charge in [-0.15, -0.1) is 6.58 Å². The van der Waals surface area contributed by atoms with E-state index in [-0.39, 0.29) is 11.1 Å². The summed E-state index contributed by atoms with van der Waals surface area (Å²) in [7, 11) is -2.21. The molecule has 1 aliphatic rings. The second-order valence-electron chi connectivity index (χ2n) is 11.1. The van der Waals surface area contributed by atoms with E-state index in [0.717, 1.165) is 31.2 Å². The van der Waals surface area contributed by atoms with Crippen molar-refractivity contribution >= 4 is 8.32 Å². The van der Waals surface area contributed by atoms with Gasteiger partial charge >= 0.3 is 0 Å². The molecule has 6 heteroatoms. The first-order valence-electron chi connectivity index (χ1n) is 12.9. The van der Waals surface area contributed by atoms with Crippen molar-refractivity contribution < 1.29 is 23.7 Å². The third-order valence-electron chi connectivity index (χ3n) is 7.17. The van der Waals surface area contributed by atoms with Crippen LogP contribution < -0.4 is 0 Å². The normalized spacial score (nSPS) is 26.9. The molecule has 1 heterocycles. The van der Waals surface area contributed by atoms with Crippen LogP contribution in [0.25, 0.3) is 0 Å². The minimum atomic E-state index is -2.21. The molecule has 6 atom stereocenters. The number of hydrogen-bond acceptors (Lipinski definition) is 5. The maximum absolute atomic E-state index is 11.1. The second kappa shape index (κ2) is 13.3. The molecule has 2 rings (SSSR count). The number of aliphatic hydroxyl groups is 1. The van der Waals surface area contributed by atoms with Crippen LogP contribution >= 0.6 is 0 Å². The molecule has 0 spiro atoms. The second-order valence-corrected chi connectivity index (χ2v) is 15.8. The lowest BCUT2D eigenvalue weighted by molar-refractivity contribution is -0.308. The fourth-order valence-electron chi connectivity index (χ4n) is 3.93. The molecule has 5 nitrogen and oxygen atoms in total. The molecule has 0 radical (unpaired) electrons. The van der Waals surface area contributed by atoms with Crippen molar-refractivity contribution in [1.29, 1.82) is 0 Å². The number of unbranched alkanes of at least 4 members (excludes halogenated alkanes) is 2. The quantitative estimate of drug-likeness (QED) is 0.191. The number of ether oxygens (including phenoxy) is 3. The number of benzene rings is 1. The van der Waals surface area contributed by atoms with Crippen LogP contribution in [0.5, 0.6) is 0 Å². The van der Waals surface area contributed by atoms with Crippen LogP contribution in [0.4, 0.5) is 0 Å². The van der Waals surface area contributed by atoms with Gasteiger partial charge in [0.2, 0.25) is 0 Å². The van der Waals surface area contributed by atoms with Crippen LogP contribution in [0, 0.1) is 0 Å². The summed E-state index contributed by atoms with van der Waals surface area (Å²) in [5.74, 6) is 0. The highest BCUT2D eigenvalue weighted by Crippen LogP contribution is 2.40. The summed E-state index contributed by atoms with van der Waals surface area (Å²) in [6.45, 7) is 19.5. The minimum absolute atomic E-state index is 0.00279. The smallest absolute Gasteiger partial charge is 0.192 e. The Morgan fingerprint density at radius 1 is 1.15 bits per heavy atom. The molecular weight excluding hydrogens is 444 g/mol. The van der Waals surface area contributed by atoms with Crippen molar-refractivity contribution in [3.05, 3.63) is 48.6 Å². The van der Waals surface area contributed by atoms with Gasteiger partial charge in [0.25, 0.3) is 0 Å². The van der Waals surface area contributed by atoms with Crippen LogP contribution in [0.15, 0.2) is 43.0 Å². The molecule has 1 aromatic carbocycles. The van der Waals surface area contributed by atoms with E-state index in [1.807, 2.05) is 43.3 Å². The maximum Gasteiger partial charge on any atom is 0.192 e. The van der Waals surface area contributed by atoms with Crippen LogP contribution in [0.3, 0.4) is 0 Å². The van der Waals surface area contributed by atoms with Gasteiger partial charge in [-0.25, -0.2) is 0 Å². The summed E-state index contributed by atoms with van der Waals surface area (Å²) < 4.78 is 26.0. The third-order valence-corrected chi connectivity index (χ3v) is 11.6. The summed E-state index contributed by atoms with van der Waals surface area (Å²) in [6.07, 6.45) is 4.12. The van der Waals surface area contributed by atoms with E-state index in [1.165, 1.54) is 6.42 Å². The molecule has 1 saturated heterocycles. The van der Waals surface area contributed by atoms with Crippen LogP contribution in [0.2, 0.25) is 18.1 Å². The Kier molecular flexibility index (Phi) is 11.5. The molecule has 1 fully saturated rings. The van der Waals surface area contributed by atoms with E-state index >= 15 is 0 Å². The molecule has 1 aliphatic heterocycles. The van der Waals surface area contributed by atoms with Crippen molar-refractivity contribution in [2.45, 2.75) is 128 Å². The van der Waals surface area contributed by atoms with E-state index in [1.54, 1.807) is 0 Å². The molecule has 0 unspecified atom stereocenters. The summed E-state index contributed by atoms with van der Waals surface area (Å²) in [4.78, 5) is 0. The molecule has 0 saturated carbocycles. The Hall–Kier alpha value is -1.02. The van der Waals surface area contributed by atoms with E-state index in [4.69, 9.17) is 18.6 Å². The van der Waals surface area contributed by atoms with Gasteiger partial charge in [0.15, 0.2) is 14.6 Å². The van der Waals surface area contributed by atoms with Crippen molar-refractivity contribution in [2.24, 2.45) is 0 Å². The minimum Gasteiger partial charge on any atom is -0.406 e. The number of hydrogen-bond donors (Lipinski definition) is 1. The average molecular weight is 493 g/mol. The highest BCUT2D eigenvalue weighted by molar-refractivity contribution is 6.74. The van der Waals surface area contributed by atoms with Crippen LogP contribution in [0.1, 0.15) is 72.3 Å². The predicted molar refractivity (Wildman–Crippen MR) is 141 cm³/mol. The van der Waals surface area contributed by atoms with Gasteiger partial charge in [0, 0.05) is 0 Å². The largest absolute Gasteiger partial charge is 0.406 e. The van der Waals surface area contributed by atoms with Gasteiger partial charge in [-0.05, 0) is 43.5 Å². The van der Waals surface area contributed by atoms with Gasteiger partial charge in [-0.3, -0.25) is 0 Å². The summed E-state index contributed by atoms with van der Waals surface area (Å²) in [6, 6.07) is 10.0. The molecule has 0 amide bonds. The molecule has 194 valence electrons. The van der Waals surface area contributed by atoms with Gasteiger partial charge < -0.3 is 23.7 Å². The van der Waals surface area contributed by atoms with Gasteiger partial charge in [-0.2, -0.15) is 0 Å². The highest BCUT2D eigenvalue weighted by atomic mass is 28.4. The predicted octanol–water partition coefficient (Wildman–Crippen LogP) is 6.61. The SMILES string of the molecule is C=CC[C@H](CCCCC)O[C@@H]1O[C@H](C)[C@H](O)[C@H](OCc2ccccc2)[C@H]1O[Si](C)(C)C(C)(C)C. The third kappa shape index (κ3) is 8.28. The molecule has 1 N–H and O–H groups in total. The first kappa shape index (κ1) is 29.2. The van der Waals surface area contributed by atoms with Crippen LogP contribution in [-0.2, 0) is 25.2 Å². The van der Waals surface area contributed by atoms with E-state index in [9.17, 15) is 5.11 Å². The maximum atomic E-state index is 11.1. The van der Waals surface area contributed by atoms with Crippen LogP contribution in [-0.4, -0.2) is 50.2 Å². The average Bonchev–Trinajstić information content (AvgIpc) is 2.77. The summed E-state index contributed by atoms with van der Waals surface area (Å²) in [5.41, 5.74) is 1.06. The Labute approximate surface area is 209 Å². The van der Waals surface area contributed by atoms with E-state index in [2.05, 4.69) is 47.4 Å². The Bertz CT molecular complexity index is 717. The highest BCUT2D eigenvalue weighted by Gasteiger charge is 2.50. The molecule has 0 aromatic heterocycles. The summed E-state index contributed by atoms with van der Waals surface area (Å²) in [5, 5.41) is 11.1. The molecule has 1 aromatic rings. The Balaban J connectivity index is 2.30. The zero-order chi connectivity index (χ0) is 25.4. The topological polar surface area (TPSA) is 57.2 Å². The van der Waals surface area contributed by atoms with Crippen molar-refractivity contribution in [2.75, 3.05) is 0 Å². The fraction of sp³-hybridized carbons (Fsp3) is 0.714. The first-order chi connectivity index (χ1) is 16.0. The monoisotopic (exact) mass is 492 g/mol. The fourth-order valence-corrected chi connectivity index (χ4v) is 5.21. The summed E-state index contributed by atoms with van der Waals surface area (Å²) >= 11 is 0. The number of aliphatic hydroxyl groups excluding tert-OH is 1. The molecule has 34 heavy (non-hydrogen) atoms. The first-order valence-corrected chi connectivity index (χ1v) is 15.8. The standard InChI is InChI=1S/C28H48O5Si/c1-9-11-13-19-23(16-10-2)32-27-26(33-34(7,8)28(4,5)6)25(24(29)21(3)31-27)30-20-22-17-14-12-15-18-22/h10,12,14-15,17-18,21,23-27,29H,2,9,11,13,16,19-20H2,1,3-8H3/t21-,23-,24+,25+,26-,27+/m1/s1. The number of rotatable bonds is 13. The molecule has 0 bridgehead atoms. The Morgan fingerprint density at radius 3 is 2.41 bits per heavy atom. The Morgan fingerprint density at radius 2 is 1.82 bits per heavy atom. The van der Waals surface area contributed by atoms with E-state index in [0.29, 0.717) is 6.61 Å². The van der Waals surface area contributed by atoms with Gasteiger partial charge in [0.05, 0.1) is 18.8 Å². The lowest BCUT2D eigenvalue weighted by Crippen LogP contribution is -2.63. The van der Waals surface area contributed by atoms with Gasteiger partial charge in [-0.1, -0.05) is 83.4 Å². The van der Waals surface area contributed by atoms with Crippen molar-refractivity contribution in [3.63, 3.8) is 0 Å². The lowest BCUT2D eigenvalue weighted by atomic mass is 9.99. The van der Waals surface area contributed by atoms with Crippen molar-refractivity contribution in [3.8, 4) is 0 Å². The molecular formula is C28H48O5Si. The zero-order valence-electron chi connectivity index (χ0n) is 22.5. The zero-order valence-corrected chi connectivity index (χ0v) is 23.5. The van der Waals surface area contributed by atoms with E-state index < -0.39 is 39.0 Å².